The van der Waals surface area contributed by atoms with Gasteiger partial charge in [0.2, 0.25) is 0 Å². The van der Waals surface area contributed by atoms with E-state index in [9.17, 15) is 18.0 Å². The monoisotopic (exact) mass is 427 g/mol. The second-order valence-corrected chi connectivity index (χ2v) is 8.42. The number of amides is 1. The summed E-state index contributed by atoms with van der Waals surface area (Å²) < 4.78 is 44.4. The Morgan fingerprint density at radius 1 is 1.10 bits per heavy atom. The molecule has 29 heavy (non-hydrogen) atoms. The minimum absolute atomic E-state index is 0.0891. The van der Waals surface area contributed by atoms with Crippen molar-refractivity contribution in [3.8, 4) is 5.75 Å². The van der Waals surface area contributed by atoms with Gasteiger partial charge in [0.25, 0.3) is 5.91 Å². The third kappa shape index (κ3) is 6.92. The van der Waals surface area contributed by atoms with Crippen molar-refractivity contribution in [2.45, 2.75) is 43.9 Å². The second kappa shape index (κ2) is 9.47. The number of rotatable bonds is 7. The molecule has 2 rings (SSSR count). The maximum absolute atomic E-state index is 13.1. The molecule has 0 aliphatic carbocycles. The minimum Gasteiger partial charge on any atom is -0.497 e. The highest BCUT2D eigenvalue weighted by Crippen LogP contribution is 2.32. The van der Waals surface area contributed by atoms with Crippen LogP contribution in [0, 0.1) is 0 Å². The van der Waals surface area contributed by atoms with Crippen LogP contribution >= 0.6 is 11.8 Å². The van der Waals surface area contributed by atoms with E-state index in [1.807, 2.05) is 0 Å². The summed E-state index contributed by atoms with van der Waals surface area (Å²) in [5, 5.41) is 2.87. The van der Waals surface area contributed by atoms with Gasteiger partial charge in [-0.15, -0.1) is 0 Å². The first-order valence-electron chi connectivity index (χ1n) is 9.02. The van der Waals surface area contributed by atoms with E-state index < -0.39 is 17.3 Å². The van der Waals surface area contributed by atoms with Crippen LogP contribution in [0.25, 0.3) is 0 Å². The first-order chi connectivity index (χ1) is 13.5. The minimum atomic E-state index is -4.52. The van der Waals surface area contributed by atoms with Crippen LogP contribution in [-0.2, 0) is 11.6 Å². The largest absolute Gasteiger partial charge is 0.497 e. The van der Waals surface area contributed by atoms with E-state index in [-0.39, 0.29) is 11.1 Å². The Morgan fingerprint density at radius 3 is 2.28 bits per heavy atom. The highest BCUT2D eigenvalue weighted by atomic mass is 32.2. The Bertz CT molecular complexity index is 802. The molecule has 0 spiro atoms. The molecule has 1 heterocycles. The third-order valence-corrected chi connectivity index (χ3v) is 4.89. The number of hydrogen-bond acceptors (Lipinski definition) is 5. The number of carbonyl (C=O) groups excluding carboxylic acids is 1. The number of nitrogens with zero attached hydrogens (tertiary/aromatic N) is 2. The molecule has 1 amide bonds. The zero-order chi connectivity index (χ0) is 21.7. The van der Waals surface area contributed by atoms with Gasteiger partial charge in [-0.1, -0.05) is 32.5 Å². The van der Waals surface area contributed by atoms with Crippen molar-refractivity contribution >= 4 is 17.7 Å². The summed E-state index contributed by atoms with van der Waals surface area (Å²) in [4.78, 5) is 20.0. The van der Waals surface area contributed by atoms with Gasteiger partial charge in [0.15, 0.2) is 5.16 Å². The quantitative estimate of drug-likeness (QED) is 0.394. The van der Waals surface area contributed by atoms with Crippen molar-refractivity contribution in [1.29, 1.82) is 0 Å². The van der Waals surface area contributed by atoms with Gasteiger partial charge < -0.3 is 10.1 Å². The molecule has 0 fully saturated rings. The predicted molar refractivity (Wildman–Crippen MR) is 106 cm³/mol. The Kier molecular flexibility index (Phi) is 7.51. The predicted octanol–water partition coefficient (Wildman–Crippen LogP) is 4.71. The summed E-state index contributed by atoms with van der Waals surface area (Å²) in [6.45, 7) is 5.80. The van der Waals surface area contributed by atoms with E-state index in [0.29, 0.717) is 35.7 Å². The Morgan fingerprint density at radius 2 is 1.72 bits per heavy atom. The van der Waals surface area contributed by atoms with Gasteiger partial charge in [-0.2, -0.15) is 13.2 Å². The first-order valence-corrected chi connectivity index (χ1v) is 10.0. The van der Waals surface area contributed by atoms with E-state index in [1.54, 1.807) is 52.1 Å². The molecule has 0 atom stereocenters. The molecule has 0 unspecified atom stereocenters. The fourth-order valence-corrected chi connectivity index (χ4v) is 3.10. The van der Waals surface area contributed by atoms with Crippen molar-refractivity contribution in [1.82, 2.24) is 15.3 Å². The van der Waals surface area contributed by atoms with Crippen LogP contribution in [0.15, 0.2) is 35.5 Å². The van der Waals surface area contributed by atoms with Crippen molar-refractivity contribution < 1.29 is 22.7 Å². The topological polar surface area (TPSA) is 64.1 Å². The molecule has 0 aliphatic heterocycles. The average molecular weight is 427 g/mol. The number of ether oxygens (including phenoxy) is 1. The van der Waals surface area contributed by atoms with E-state index in [0.717, 1.165) is 17.8 Å². The average Bonchev–Trinajstić information content (AvgIpc) is 2.66. The molecule has 9 heteroatoms. The molecule has 0 aliphatic rings. The van der Waals surface area contributed by atoms with Crippen LogP contribution < -0.4 is 10.1 Å². The van der Waals surface area contributed by atoms with Gasteiger partial charge >= 0.3 is 6.18 Å². The molecule has 0 saturated carbocycles. The van der Waals surface area contributed by atoms with Crippen molar-refractivity contribution in [3.05, 3.63) is 47.3 Å². The van der Waals surface area contributed by atoms with E-state index >= 15 is 0 Å². The lowest BCUT2D eigenvalue weighted by atomic mass is 9.91. The van der Waals surface area contributed by atoms with Gasteiger partial charge in [0, 0.05) is 23.3 Å². The second-order valence-electron chi connectivity index (χ2n) is 7.36. The van der Waals surface area contributed by atoms with Gasteiger partial charge in [0.05, 0.1) is 12.8 Å². The van der Waals surface area contributed by atoms with E-state index in [4.69, 9.17) is 4.74 Å². The molecular weight excluding hydrogens is 403 g/mol. The normalized spacial score (nSPS) is 12.0. The molecule has 2 aromatic rings. The summed E-state index contributed by atoms with van der Waals surface area (Å²) in [6, 6.07) is 7.71. The number of nitrogens with one attached hydrogen (secondary N) is 1. The van der Waals surface area contributed by atoms with Crippen LogP contribution in [0.1, 0.15) is 48.9 Å². The SMILES string of the molecule is COc1ccc(C(=O)NCCCSc2nc(C(C)(C)C)cc(C(F)(F)F)n2)cc1. The fourth-order valence-electron chi connectivity index (χ4n) is 2.30. The molecule has 0 bridgehead atoms. The number of carbonyl (C=O) groups is 1. The molecule has 1 N–H and O–H groups in total. The maximum atomic E-state index is 13.1. The molecular formula is C20H24F3N3O2S. The maximum Gasteiger partial charge on any atom is 0.433 e. The molecule has 0 radical (unpaired) electrons. The lowest BCUT2D eigenvalue weighted by Gasteiger charge is -2.19. The van der Waals surface area contributed by atoms with Crippen molar-refractivity contribution in [3.63, 3.8) is 0 Å². The molecule has 1 aromatic heterocycles. The van der Waals surface area contributed by atoms with E-state index in [2.05, 4.69) is 15.3 Å². The summed E-state index contributed by atoms with van der Waals surface area (Å²) in [5.74, 6) is 0.921. The van der Waals surface area contributed by atoms with Gasteiger partial charge in [-0.05, 0) is 36.8 Å². The van der Waals surface area contributed by atoms with Crippen LogP contribution in [0.5, 0.6) is 5.75 Å². The molecule has 158 valence electrons. The van der Waals surface area contributed by atoms with Gasteiger partial charge in [-0.25, -0.2) is 9.97 Å². The van der Waals surface area contributed by atoms with Crippen LogP contribution in [0.3, 0.4) is 0 Å². The summed E-state index contributed by atoms with van der Waals surface area (Å²) in [6.07, 6.45) is -3.96. The highest BCUT2D eigenvalue weighted by molar-refractivity contribution is 7.99. The molecule has 1 aromatic carbocycles. The van der Waals surface area contributed by atoms with Gasteiger partial charge in [-0.3, -0.25) is 4.79 Å². The summed E-state index contributed by atoms with van der Waals surface area (Å²) in [5.41, 5.74) is -0.609. The van der Waals surface area contributed by atoms with Crippen molar-refractivity contribution in [2.75, 3.05) is 19.4 Å². The lowest BCUT2D eigenvalue weighted by molar-refractivity contribution is -0.141. The van der Waals surface area contributed by atoms with Crippen molar-refractivity contribution in [2.24, 2.45) is 0 Å². The number of benzene rings is 1. The Hall–Kier alpha value is -2.29. The lowest BCUT2D eigenvalue weighted by Crippen LogP contribution is -2.24. The number of halogens is 3. The number of thioether (sulfide) groups is 1. The Labute approximate surface area is 172 Å². The fraction of sp³-hybridized carbons (Fsp3) is 0.450. The molecule has 5 nitrogen and oxygen atoms in total. The van der Waals surface area contributed by atoms with Gasteiger partial charge in [0.1, 0.15) is 11.4 Å². The summed E-state index contributed by atoms with van der Waals surface area (Å²) in [7, 11) is 1.55. The number of hydrogen-bond donors (Lipinski definition) is 1. The standard InChI is InChI=1S/C20H24F3N3O2S/c1-19(2,3)15-12-16(20(21,22)23)26-18(25-15)29-11-5-10-24-17(27)13-6-8-14(28-4)9-7-13/h6-9,12H,5,10-11H2,1-4H3,(H,24,27). The number of alkyl halides is 3. The van der Waals surface area contributed by atoms with Crippen LogP contribution in [-0.4, -0.2) is 35.3 Å². The molecule has 0 saturated heterocycles. The zero-order valence-electron chi connectivity index (χ0n) is 16.8. The van der Waals surface area contributed by atoms with E-state index in [1.165, 1.54) is 0 Å². The Balaban J connectivity index is 1.90. The zero-order valence-corrected chi connectivity index (χ0v) is 17.6. The number of methoxy groups -OCH3 is 1. The number of aromatic nitrogens is 2. The van der Waals surface area contributed by atoms with Crippen LogP contribution in [0.4, 0.5) is 13.2 Å². The third-order valence-electron chi connectivity index (χ3n) is 3.95. The smallest absolute Gasteiger partial charge is 0.433 e. The van der Waals surface area contributed by atoms with Crippen LogP contribution in [0.2, 0.25) is 0 Å². The first kappa shape index (κ1) is 23.0. The summed E-state index contributed by atoms with van der Waals surface area (Å²) >= 11 is 1.14. The highest BCUT2D eigenvalue weighted by Gasteiger charge is 2.34.